The lowest BCUT2D eigenvalue weighted by Crippen LogP contribution is -2.24. The second-order valence-corrected chi connectivity index (χ2v) is 4.93. The molecule has 0 aliphatic carbocycles. The van der Waals surface area contributed by atoms with Crippen LogP contribution in [0.15, 0.2) is 36.4 Å². The third-order valence-corrected chi connectivity index (χ3v) is 3.70. The van der Waals surface area contributed by atoms with E-state index in [0.717, 1.165) is 17.1 Å². The maximum absolute atomic E-state index is 13.9. The SMILES string of the molecule is Cc1nc(N(C)C(C)c2ccccc2F)ccc1CN. The smallest absolute Gasteiger partial charge is 0.129 e. The topological polar surface area (TPSA) is 42.2 Å². The van der Waals surface area contributed by atoms with Gasteiger partial charge in [-0.25, -0.2) is 9.37 Å². The molecule has 0 spiro atoms. The van der Waals surface area contributed by atoms with Gasteiger partial charge in [0.05, 0.1) is 6.04 Å². The summed E-state index contributed by atoms with van der Waals surface area (Å²) in [6, 6.07) is 10.6. The average Bonchev–Trinajstić information content (AvgIpc) is 2.46. The normalized spacial score (nSPS) is 12.2. The standard InChI is InChI=1S/C16H20FN3/c1-11-13(10-18)8-9-16(19-11)20(3)12(2)14-6-4-5-7-15(14)17/h4-9,12H,10,18H2,1-3H3. The van der Waals surface area contributed by atoms with Gasteiger partial charge in [0, 0.05) is 24.8 Å². The van der Waals surface area contributed by atoms with Crippen LogP contribution in [0.4, 0.5) is 10.2 Å². The molecule has 0 amide bonds. The highest BCUT2D eigenvalue weighted by molar-refractivity contribution is 5.44. The number of nitrogens with zero attached hydrogens (tertiary/aromatic N) is 2. The lowest BCUT2D eigenvalue weighted by atomic mass is 10.1. The summed E-state index contributed by atoms with van der Waals surface area (Å²) in [7, 11) is 1.92. The Labute approximate surface area is 119 Å². The van der Waals surface area contributed by atoms with Crippen molar-refractivity contribution >= 4 is 5.82 Å². The molecule has 0 bridgehead atoms. The highest BCUT2D eigenvalue weighted by atomic mass is 19.1. The summed E-state index contributed by atoms with van der Waals surface area (Å²) in [4.78, 5) is 6.51. The molecule has 2 N–H and O–H groups in total. The van der Waals surface area contributed by atoms with Crippen LogP contribution >= 0.6 is 0 Å². The molecule has 1 aromatic carbocycles. The van der Waals surface area contributed by atoms with Crippen LogP contribution in [0.25, 0.3) is 0 Å². The van der Waals surface area contributed by atoms with Crippen molar-refractivity contribution in [3.63, 3.8) is 0 Å². The van der Waals surface area contributed by atoms with Crippen LogP contribution in [0.2, 0.25) is 0 Å². The molecule has 2 rings (SSSR count). The van der Waals surface area contributed by atoms with Gasteiger partial charge in [-0.05, 0) is 31.5 Å². The van der Waals surface area contributed by atoms with Gasteiger partial charge in [0.2, 0.25) is 0 Å². The Bertz CT molecular complexity index is 598. The zero-order valence-corrected chi connectivity index (χ0v) is 12.1. The van der Waals surface area contributed by atoms with E-state index in [1.54, 1.807) is 12.1 Å². The molecule has 4 heteroatoms. The lowest BCUT2D eigenvalue weighted by molar-refractivity contribution is 0.584. The number of hydrogen-bond acceptors (Lipinski definition) is 3. The number of hydrogen-bond donors (Lipinski definition) is 1. The van der Waals surface area contributed by atoms with Crippen LogP contribution in [0.1, 0.15) is 29.8 Å². The second kappa shape index (κ2) is 6.01. The maximum Gasteiger partial charge on any atom is 0.129 e. The number of rotatable bonds is 4. The molecule has 106 valence electrons. The summed E-state index contributed by atoms with van der Waals surface area (Å²) in [5, 5.41) is 0. The van der Waals surface area contributed by atoms with Crippen molar-refractivity contribution in [1.82, 2.24) is 4.98 Å². The van der Waals surface area contributed by atoms with E-state index in [-0.39, 0.29) is 11.9 Å². The molecule has 0 aliphatic rings. The third-order valence-electron chi connectivity index (χ3n) is 3.70. The first-order chi connectivity index (χ1) is 9.54. The van der Waals surface area contributed by atoms with Gasteiger partial charge < -0.3 is 10.6 Å². The van der Waals surface area contributed by atoms with E-state index in [2.05, 4.69) is 4.98 Å². The first-order valence-electron chi connectivity index (χ1n) is 6.68. The Hall–Kier alpha value is -1.94. The predicted octanol–water partition coefficient (Wildman–Crippen LogP) is 3.19. The summed E-state index contributed by atoms with van der Waals surface area (Å²) in [6.45, 7) is 4.38. The fraction of sp³-hybridized carbons (Fsp3) is 0.312. The van der Waals surface area contributed by atoms with E-state index >= 15 is 0 Å². The van der Waals surface area contributed by atoms with E-state index in [9.17, 15) is 4.39 Å². The number of anilines is 1. The summed E-state index contributed by atoms with van der Waals surface area (Å²) in [6.07, 6.45) is 0. The molecule has 0 saturated carbocycles. The zero-order valence-electron chi connectivity index (χ0n) is 12.1. The van der Waals surface area contributed by atoms with Gasteiger partial charge in [-0.15, -0.1) is 0 Å². The fourth-order valence-electron chi connectivity index (χ4n) is 2.21. The van der Waals surface area contributed by atoms with Crippen molar-refractivity contribution in [2.24, 2.45) is 5.73 Å². The Kier molecular flexibility index (Phi) is 4.35. The van der Waals surface area contributed by atoms with E-state index in [1.165, 1.54) is 6.07 Å². The van der Waals surface area contributed by atoms with E-state index < -0.39 is 0 Å². The Morgan fingerprint density at radius 3 is 2.55 bits per heavy atom. The molecule has 0 fully saturated rings. The van der Waals surface area contributed by atoms with E-state index in [4.69, 9.17) is 5.73 Å². The van der Waals surface area contributed by atoms with Gasteiger partial charge in [0.15, 0.2) is 0 Å². The minimum absolute atomic E-state index is 0.0909. The van der Waals surface area contributed by atoms with Crippen LogP contribution in [0, 0.1) is 12.7 Å². The molecule has 1 atom stereocenters. The van der Waals surface area contributed by atoms with Gasteiger partial charge in [0.1, 0.15) is 11.6 Å². The quantitative estimate of drug-likeness (QED) is 0.930. The maximum atomic E-state index is 13.9. The molecular weight excluding hydrogens is 253 g/mol. The fourth-order valence-corrected chi connectivity index (χ4v) is 2.21. The number of aromatic nitrogens is 1. The Morgan fingerprint density at radius 1 is 1.25 bits per heavy atom. The van der Waals surface area contributed by atoms with Crippen LogP contribution in [0.3, 0.4) is 0 Å². The number of nitrogens with two attached hydrogens (primary N) is 1. The number of pyridine rings is 1. The first-order valence-corrected chi connectivity index (χ1v) is 6.68. The van der Waals surface area contributed by atoms with Crippen molar-refractivity contribution in [1.29, 1.82) is 0 Å². The highest BCUT2D eigenvalue weighted by Crippen LogP contribution is 2.26. The molecule has 1 heterocycles. The zero-order chi connectivity index (χ0) is 14.7. The largest absolute Gasteiger partial charge is 0.353 e. The Balaban J connectivity index is 2.29. The van der Waals surface area contributed by atoms with Gasteiger partial charge in [-0.1, -0.05) is 24.3 Å². The lowest BCUT2D eigenvalue weighted by Gasteiger charge is -2.27. The number of aryl methyl sites for hydroxylation is 1. The summed E-state index contributed by atoms with van der Waals surface area (Å²) < 4.78 is 13.9. The molecule has 1 aromatic heterocycles. The van der Waals surface area contributed by atoms with Crippen LogP contribution in [-0.2, 0) is 6.54 Å². The van der Waals surface area contributed by atoms with Crippen molar-refractivity contribution in [2.45, 2.75) is 26.4 Å². The monoisotopic (exact) mass is 273 g/mol. The van der Waals surface area contributed by atoms with Crippen LogP contribution < -0.4 is 10.6 Å². The summed E-state index contributed by atoms with van der Waals surface area (Å²) in [5.74, 6) is 0.623. The first kappa shape index (κ1) is 14.5. The molecule has 0 radical (unpaired) electrons. The molecular formula is C16H20FN3. The summed E-state index contributed by atoms with van der Waals surface area (Å²) in [5.41, 5.74) is 8.25. The van der Waals surface area contributed by atoms with Crippen molar-refractivity contribution in [3.8, 4) is 0 Å². The highest BCUT2D eigenvalue weighted by Gasteiger charge is 2.17. The van der Waals surface area contributed by atoms with E-state index in [1.807, 2.05) is 44.0 Å². The molecule has 0 saturated heterocycles. The minimum atomic E-state index is -0.192. The van der Waals surface area contributed by atoms with Crippen molar-refractivity contribution in [3.05, 3.63) is 59.0 Å². The van der Waals surface area contributed by atoms with Crippen molar-refractivity contribution in [2.75, 3.05) is 11.9 Å². The van der Waals surface area contributed by atoms with Gasteiger partial charge in [-0.2, -0.15) is 0 Å². The predicted molar refractivity (Wildman–Crippen MR) is 80.1 cm³/mol. The minimum Gasteiger partial charge on any atom is -0.353 e. The second-order valence-electron chi connectivity index (χ2n) is 4.93. The molecule has 3 nitrogen and oxygen atoms in total. The molecule has 2 aromatic rings. The third kappa shape index (κ3) is 2.80. The Morgan fingerprint density at radius 2 is 1.95 bits per heavy atom. The number of benzene rings is 1. The van der Waals surface area contributed by atoms with Gasteiger partial charge in [-0.3, -0.25) is 0 Å². The van der Waals surface area contributed by atoms with Crippen molar-refractivity contribution < 1.29 is 4.39 Å². The van der Waals surface area contributed by atoms with Crippen LogP contribution in [-0.4, -0.2) is 12.0 Å². The number of halogens is 1. The summed E-state index contributed by atoms with van der Waals surface area (Å²) >= 11 is 0. The van der Waals surface area contributed by atoms with E-state index in [0.29, 0.717) is 12.1 Å². The molecule has 20 heavy (non-hydrogen) atoms. The molecule has 1 unspecified atom stereocenters. The average molecular weight is 273 g/mol. The molecule has 0 aliphatic heterocycles. The van der Waals surface area contributed by atoms with Gasteiger partial charge in [0.25, 0.3) is 0 Å². The van der Waals surface area contributed by atoms with Gasteiger partial charge >= 0.3 is 0 Å². The van der Waals surface area contributed by atoms with Crippen LogP contribution in [0.5, 0.6) is 0 Å².